The Balaban J connectivity index is 1.60. The molecule has 1 aromatic carbocycles. The maximum absolute atomic E-state index is 11.7. The fraction of sp³-hybridized carbons (Fsp3) is 0.250. The number of carbonyl (C=O) groups is 2. The summed E-state index contributed by atoms with van der Waals surface area (Å²) >= 11 is 5.81. The molecule has 0 radical (unpaired) electrons. The third-order valence-corrected chi connectivity index (χ3v) is 3.32. The predicted octanol–water partition coefficient (Wildman–Crippen LogP) is 2.41. The van der Waals surface area contributed by atoms with Crippen LogP contribution in [0.2, 0.25) is 5.02 Å². The normalized spacial score (nSPS) is 10.2. The van der Waals surface area contributed by atoms with E-state index in [1.165, 1.54) is 12.5 Å². The first-order chi connectivity index (χ1) is 10.6. The van der Waals surface area contributed by atoms with E-state index in [1.807, 2.05) is 24.3 Å². The van der Waals surface area contributed by atoms with E-state index in [1.54, 1.807) is 6.07 Å². The smallest absolute Gasteiger partial charge is 0.254 e. The molecule has 5 nitrogen and oxygen atoms in total. The van der Waals surface area contributed by atoms with Crippen LogP contribution >= 0.6 is 11.6 Å². The van der Waals surface area contributed by atoms with Gasteiger partial charge in [-0.05, 0) is 30.2 Å². The predicted molar refractivity (Wildman–Crippen MR) is 83.8 cm³/mol. The molecule has 116 valence electrons. The van der Waals surface area contributed by atoms with E-state index in [-0.39, 0.29) is 24.8 Å². The van der Waals surface area contributed by atoms with Crippen LogP contribution in [-0.4, -0.2) is 24.9 Å². The number of nitrogens with one attached hydrogen (secondary N) is 2. The second kappa shape index (κ2) is 8.24. The van der Waals surface area contributed by atoms with Gasteiger partial charge >= 0.3 is 0 Å². The molecule has 22 heavy (non-hydrogen) atoms. The van der Waals surface area contributed by atoms with Crippen LogP contribution in [0.5, 0.6) is 0 Å². The minimum absolute atomic E-state index is 0.0959. The van der Waals surface area contributed by atoms with Crippen molar-refractivity contribution in [3.8, 4) is 0 Å². The van der Waals surface area contributed by atoms with E-state index < -0.39 is 0 Å². The van der Waals surface area contributed by atoms with Crippen LogP contribution in [0.1, 0.15) is 22.3 Å². The Morgan fingerprint density at radius 3 is 2.50 bits per heavy atom. The maximum atomic E-state index is 11.7. The topological polar surface area (TPSA) is 71.3 Å². The lowest BCUT2D eigenvalue weighted by molar-refractivity contribution is -0.120. The van der Waals surface area contributed by atoms with E-state index in [0.29, 0.717) is 17.1 Å². The van der Waals surface area contributed by atoms with E-state index in [9.17, 15) is 9.59 Å². The van der Waals surface area contributed by atoms with E-state index in [4.69, 9.17) is 16.0 Å². The summed E-state index contributed by atoms with van der Waals surface area (Å²) < 4.78 is 4.82. The number of amides is 2. The van der Waals surface area contributed by atoms with Crippen molar-refractivity contribution in [1.29, 1.82) is 0 Å². The summed E-state index contributed by atoms with van der Waals surface area (Å²) in [6.45, 7) is 0.840. The summed E-state index contributed by atoms with van der Waals surface area (Å²) in [5.41, 5.74) is 1.56. The van der Waals surface area contributed by atoms with Crippen LogP contribution in [0.25, 0.3) is 0 Å². The van der Waals surface area contributed by atoms with Gasteiger partial charge in [-0.2, -0.15) is 0 Å². The van der Waals surface area contributed by atoms with Crippen molar-refractivity contribution in [2.24, 2.45) is 0 Å². The molecule has 6 heteroatoms. The monoisotopic (exact) mass is 320 g/mol. The van der Waals surface area contributed by atoms with Crippen LogP contribution in [0.15, 0.2) is 47.3 Å². The zero-order valence-electron chi connectivity index (χ0n) is 12.0. The van der Waals surface area contributed by atoms with Gasteiger partial charge in [0, 0.05) is 24.5 Å². The number of furan rings is 1. The summed E-state index contributed by atoms with van der Waals surface area (Å²) in [5, 5.41) is 6.16. The molecule has 1 aromatic heterocycles. The molecule has 0 bridgehead atoms. The van der Waals surface area contributed by atoms with Crippen LogP contribution in [0.4, 0.5) is 0 Å². The van der Waals surface area contributed by atoms with Crippen molar-refractivity contribution in [3.63, 3.8) is 0 Å². The average molecular weight is 321 g/mol. The van der Waals surface area contributed by atoms with E-state index in [0.717, 1.165) is 12.0 Å². The zero-order valence-corrected chi connectivity index (χ0v) is 12.7. The van der Waals surface area contributed by atoms with Gasteiger partial charge in [-0.3, -0.25) is 9.59 Å². The van der Waals surface area contributed by atoms with Crippen LogP contribution in [-0.2, 0) is 11.2 Å². The molecule has 0 aliphatic heterocycles. The molecule has 2 aromatic rings. The van der Waals surface area contributed by atoms with Gasteiger partial charge < -0.3 is 15.1 Å². The Morgan fingerprint density at radius 1 is 1.05 bits per heavy atom. The fourth-order valence-electron chi connectivity index (χ4n) is 1.87. The minimum Gasteiger partial charge on any atom is -0.472 e. The second-order valence-electron chi connectivity index (χ2n) is 4.74. The fourth-order valence-corrected chi connectivity index (χ4v) is 2.00. The average Bonchev–Trinajstić information content (AvgIpc) is 3.03. The highest BCUT2D eigenvalue weighted by Crippen LogP contribution is 2.09. The van der Waals surface area contributed by atoms with Crippen LogP contribution < -0.4 is 10.6 Å². The molecule has 0 aliphatic rings. The highest BCUT2D eigenvalue weighted by Gasteiger charge is 2.07. The molecule has 0 unspecified atom stereocenters. The van der Waals surface area contributed by atoms with Gasteiger partial charge in [-0.25, -0.2) is 0 Å². The Labute approximate surface area is 133 Å². The van der Waals surface area contributed by atoms with Crippen molar-refractivity contribution in [2.45, 2.75) is 12.8 Å². The lowest BCUT2D eigenvalue weighted by Crippen LogP contribution is -2.31. The van der Waals surface area contributed by atoms with Gasteiger partial charge in [-0.15, -0.1) is 0 Å². The molecular weight excluding hydrogens is 304 g/mol. The molecule has 0 aliphatic carbocycles. The van der Waals surface area contributed by atoms with Crippen molar-refractivity contribution < 1.29 is 14.0 Å². The van der Waals surface area contributed by atoms with Crippen LogP contribution in [0.3, 0.4) is 0 Å². The summed E-state index contributed by atoms with van der Waals surface area (Å²) in [6, 6.07) is 9.08. The second-order valence-corrected chi connectivity index (χ2v) is 5.18. The number of halogens is 1. The van der Waals surface area contributed by atoms with E-state index in [2.05, 4.69) is 10.6 Å². The van der Waals surface area contributed by atoms with Gasteiger partial charge in [-0.1, -0.05) is 23.7 Å². The quantitative estimate of drug-likeness (QED) is 0.823. The molecular formula is C16H17ClN2O3. The number of benzene rings is 1. The Morgan fingerprint density at radius 2 is 1.82 bits per heavy atom. The highest BCUT2D eigenvalue weighted by atomic mass is 35.5. The molecule has 2 N–H and O–H groups in total. The third-order valence-electron chi connectivity index (χ3n) is 3.07. The summed E-state index contributed by atoms with van der Waals surface area (Å²) in [5.74, 6) is -0.343. The number of carbonyl (C=O) groups excluding carboxylic acids is 2. The molecule has 0 fully saturated rings. The first-order valence-electron chi connectivity index (χ1n) is 6.96. The van der Waals surface area contributed by atoms with Gasteiger partial charge in [0.1, 0.15) is 6.26 Å². The summed E-state index contributed by atoms with van der Waals surface area (Å²) in [4.78, 5) is 23.3. The molecule has 0 saturated carbocycles. The van der Waals surface area contributed by atoms with Gasteiger partial charge in [0.2, 0.25) is 5.91 Å². The summed E-state index contributed by atoms with van der Waals surface area (Å²) in [7, 11) is 0. The van der Waals surface area contributed by atoms with Gasteiger partial charge in [0.05, 0.1) is 11.8 Å². The lowest BCUT2D eigenvalue weighted by Gasteiger charge is -2.06. The third kappa shape index (κ3) is 5.26. The minimum atomic E-state index is -0.247. The standard InChI is InChI=1S/C16H17ClN2O3/c17-14-3-1-12(2-4-14)5-8-18-15(20)6-9-19-16(21)13-7-10-22-11-13/h1-4,7,10-11H,5-6,8-9H2,(H,18,20)(H,19,21). The van der Waals surface area contributed by atoms with Gasteiger partial charge in [0.15, 0.2) is 0 Å². The SMILES string of the molecule is O=C(CCNC(=O)c1ccoc1)NCCc1ccc(Cl)cc1. The number of hydrogen-bond donors (Lipinski definition) is 2. The Hall–Kier alpha value is -2.27. The summed E-state index contributed by atoms with van der Waals surface area (Å²) in [6.07, 6.45) is 3.77. The van der Waals surface area contributed by atoms with Crippen LogP contribution in [0, 0.1) is 0 Å². The Kier molecular flexibility index (Phi) is 6.03. The van der Waals surface area contributed by atoms with Crippen molar-refractivity contribution in [1.82, 2.24) is 10.6 Å². The first kappa shape index (κ1) is 16.1. The maximum Gasteiger partial charge on any atom is 0.254 e. The number of rotatable bonds is 7. The van der Waals surface area contributed by atoms with Crippen molar-refractivity contribution >= 4 is 23.4 Å². The van der Waals surface area contributed by atoms with Crippen molar-refractivity contribution in [2.75, 3.05) is 13.1 Å². The Bertz CT molecular complexity index is 609. The highest BCUT2D eigenvalue weighted by molar-refractivity contribution is 6.30. The van der Waals surface area contributed by atoms with Gasteiger partial charge in [0.25, 0.3) is 5.91 Å². The largest absolute Gasteiger partial charge is 0.472 e. The molecule has 1 heterocycles. The molecule has 0 spiro atoms. The number of hydrogen-bond acceptors (Lipinski definition) is 3. The first-order valence-corrected chi connectivity index (χ1v) is 7.34. The molecule has 2 rings (SSSR count). The zero-order chi connectivity index (χ0) is 15.8. The lowest BCUT2D eigenvalue weighted by atomic mass is 10.1. The molecule has 0 atom stereocenters. The molecule has 0 saturated heterocycles. The molecule has 2 amide bonds. The van der Waals surface area contributed by atoms with E-state index >= 15 is 0 Å². The van der Waals surface area contributed by atoms with Crippen molar-refractivity contribution in [3.05, 3.63) is 59.0 Å².